The maximum absolute atomic E-state index is 11.9. The summed E-state index contributed by atoms with van der Waals surface area (Å²) < 4.78 is 6.18. The number of β-amino-alcohol motifs (C(OH)–C–C–N with tert-alkyl or cyclic N) is 1. The first-order valence-corrected chi connectivity index (χ1v) is 7.46. The zero-order chi connectivity index (χ0) is 14.4. The summed E-state index contributed by atoms with van der Waals surface area (Å²) >= 11 is 3.32. The van der Waals surface area contributed by atoms with Crippen molar-refractivity contribution in [2.24, 2.45) is 0 Å². The van der Waals surface area contributed by atoms with E-state index in [9.17, 15) is 9.90 Å². The molecule has 0 radical (unpaired) electrons. The van der Waals surface area contributed by atoms with Crippen LogP contribution in [0.4, 0.5) is 0 Å². The van der Waals surface area contributed by atoms with E-state index in [2.05, 4.69) is 26.1 Å². The molecule has 1 aliphatic rings. The summed E-state index contributed by atoms with van der Waals surface area (Å²) in [6.07, 6.45) is -0.563. The van der Waals surface area contributed by atoms with Crippen molar-refractivity contribution in [1.82, 2.24) is 10.2 Å². The summed E-state index contributed by atoms with van der Waals surface area (Å²) in [5.41, 5.74) is 0.590. The third-order valence-corrected chi connectivity index (χ3v) is 3.71. The van der Waals surface area contributed by atoms with Crippen LogP contribution in [0.25, 0.3) is 0 Å². The fraction of sp³-hybridized carbons (Fsp3) is 0.500. The lowest BCUT2D eigenvalue weighted by Crippen LogP contribution is -2.44. The van der Waals surface area contributed by atoms with Crippen LogP contribution in [-0.2, 0) is 4.74 Å². The molecule has 0 bridgehead atoms. The van der Waals surface area contributed by atoms with Gasteiger partial charge in [-0.25, -0.2) is 0 Å². The maximum atomic E-state index is 11.9. The van der Waals surface area contributed by atoms with Gasteiger partial charge in [0.25, 0.3) is 5.91 Å². The van der Waals surface area contributed by atoms with Gasteiger partial charge in [0.15, 0.2) is 0 Å². The number of amides is 1. The molecule has 1 aromatic rings. The Kier molecular flexibility index (Phi) is 5.97. The van der Waals surface area contributed by atoms with Gasteiger partial charge in [-0.2, -0.15) is 0 Å². The van der Waals surface area contributed by atoms with Crippen molar-refractivity contribution in [2.75, 3.05) is 39.4 Å². The lowest BCUT2D eigenvalue weighted by molar-refractivity contribution is 0.0149. The van der Waals surface area contributed by atoms with Crippen molar-refractivity contribution < 1.29 is 14.6 Å². The van der Waals surface area contributed by atoms with Gasteiger partial charge in [0, 0.05) is 36.2 Å². The van der Waals surface area contributed by atoms with Crippen molar-refractivity contribution in [3.8, 4) is 0 Å². The Hall–Kier alpha value is -0.950. The van der Waals surface area contributed by atoms with E-state index in [1.165, 1.54) is 0 Å². The van der Waals surface area contributed by atoms with Crippen LogP contribution in [0.15, 0.2) is 28.7 Å². The van der Waals surface area contributed by atoms with E-state index in [0.717, 1.165) is 17.6 Å². The number of rotatable bonds is 5. The monoisotopic (exact) mass is 342 g/mol. The van der Waals surface area contributed by atoms with E-state index in [0.29, 0.717) is 25.3 Å². The Morgan fingerprint density at radius 1 is 1.35 bits per heavy atom. The number of carbonyl (C=O) groups excluding carboxylic acids is 1. The van der Waals surface area contributed by atoms with E-state index in [4.69, 9.17) is 4.74 Å². The molecule has 1 fully saturated rings. The number of carbonyl (C=O) groups is 1. The molecule has 20 heavy (non-hydrogen) atoms. The number of benzene rings is 1. The molecule has 0 saturated carbocycles. The van der Waals surface area contributed by atoms with E-state index in [1.54, 1.807) is 12.1 Å². The number of aliphatic hydroxyl groups excluding tert-OH is 1. The van der Waals surface area contributed by atoms with Crippen LogP contribution >= 0.6 is 15.9 Å². The fourth-order valence-corrected chi connectivity index (χ4v) is 2.32. The minimum atomic E-state index is -0.563. The highest BCUT2D eigenvalue weighted by molar-refractivity contribution is 9.10. The number of nitrogens with one attached hydrogen (secondary N) is 1. The number of hydrogen-bond acceptors (Lipinski definition) is 4. The first-order chi connectivity index (χ1) is 9.65. The number of halogens is 1. The van der Waals surface area contributed by atoms with Gasteiger partial charge in [-0.15, -0.1) is 0 Å². The van der Waals surface area contributed by atoms with E-state index >= 15 is 0 Å². The van der Waals surface area contributed by atoms with E-state index in [-0.39, 0.29) is 12.5 Å². The molecule has 0 aliphatic carbocycles. The molecule has 1 heterocycles. The topological polar surface area (TPSA) is 61.8 Å². The number of ether oxygens (including phenoxy) is 1. The van der Waals surface area contributed by atoms with Crippen molar-refractivity contribution in [2.45, 2.75) is 6.10 Å². The second kappa shape index (κ2) is 7.73. The van der Waals surface area contributed by atoms with Crippen LogP contribution in [0.5, 0.6) is 0 Å². The van der Waals surface area contributed by atoms with Crippen LogP contribution in [-0.4, -0.2) is 61.4 Å². The summed E-state index contributed by atoms with van der Waals surface area (Å²) in [6.45, 7) is 3.89. The van der Waals surface area contributed by atoms with Gasteiger partial charge in [0.1, 0.15) is 0 Å². The number of hydrogen-bond donors (Lipinski definition) is 2. The molecular formula is C14H19BrN2O3. The fourth-order valence-electron chi connectivity index (χ4n) is 2.06. The molecule has 0 spiro atoms. The highest BCUT2D eigenvalue weighted by Gasteiger charge is 2.15. The summed E-state index contributed by atoms with van der Waals surface area (Å²) in [6, 6.07) is 7.12. The van der Waals surface area contributed by atoms with Crippen LogP contribution in [0, 0.1) is 0 Å². The minimum absolute atomic E-state index is 0.168. The highest BCUT2D eigenvalue weighted by Crippen LogP contribution is 2.10. The Labute approximate surface area is 127 Å². The molecule has 6 heteroatoms. The summed E-state index contributed by atoms with van der Waals surface area (Å²) in [5, 5.41) is 12.7. The van der Waals surface area contributed by atoms with Crippen molar-refractivity contribution in [3.63, 3.8) is 0 Å². The van der Waals surface area contributed by atoms with Crippen LogP contribution in [0.1, 0.15) is 10.4 Å². The normalized spacial score (nSPS) is 17.7. The number of aliphatic hydroxyl groups is 1. The second-order valence-electron chi connectivity index (χ2n) is 4.78. The standard InChI is InChI=1S/C14H19BrN2O3/c15-12-3-1-11(2-4-12)14(19)16-9-13(18)10-17-5-7-20-8-6-17/h1-4,13,18H,5-10H2,(H,16,19)/t13-/m1/s1. The average molecular weight is 343 g/mol. The van der Waals surface area contributed by atoms with Crippen LogP contribution in [0.3, 0.4) is 0 Å². The number of morpholine rings is 1. The molecule has 1 amide bonds. The van der Waals surface area contributed by atoms with Gasteiger partial charge in [0.05, 0.1) is 19.3 Å². The van der Waals surface area contributed by atoms with Gasteiger partial charge in [-0.1, -0.05) is 15.9 Å². The number of nitrogens with zero attached hydrogens (tertiary/aromatic N) is 1. The third kappa shape index (κ3) is 4.86. The predicted octanol–water partition coefficient (Wildman–Crippen LogP) is 0.872. The van der Waals surface area contributed by atoms with Crippen molar-refractivity contribution >= 4 is 21.8 Å². The Bertz CT molecular complexity index is 433. The van der Waals surface area contributed by atoms with Gasteiger partial charge in [-0.05, 0) is 24.3 Å². The largest absolute Gasteiger partial charge is 0.390 e. The summed E-state index contributed by atoms with van der Waals surface area (Å²) in [4.78, 5) is 14.0. The van der Waals surface area contributed by atoms with Gasteiger partial charge >= 0.3 is 0 Å². The Balaban J connectivity index is 1.73. The van der Waals surface area contributed by atoms with Gasteiger partial charge in [-0.3, -0.25) is 9.69 Å². The first-order valence-electron chi connectivity index (χ1n) is 6.67. The average Bonchev–Trinajstić information content (AvgIpc) is 2.46. The van der Waals surface area contributed by atoms with Crippen molar-refractivity contribution in [3.05, 3.63) is 34.3 Å². The van der Waals surface area contributed by atoms with Crippen LogP contribution < -0.4 is 5.32 Å². The summed E-state index contributed by atoms with van der Waals surface area (Å²) in [5.74, 6) is -0.168. The summed E-state index contributed by atoms with van der Waals surface area (Å²) in [7, 11) is 0. The minimum Gasteiger partial charge on any atom is -0.390 e. The molecule has 1 aliphatic heterocycles. The molecule has 0 unspecified atom stereocenters. The molecule has 2 N–H and O–H groups in total. The zero-order valence-electron chi connectivity index (χ0n) is 11.2. The van der Waals surface area contributed by atoms with E-state index < -0.39 is 6.10 Å². The second-order valence-corrected chi connectivity index (χ2v) is 5.70. The zero-order valence-corrected chi connectivity index (χ0v) is 12.8. The molecule has 1 saturated heterocycles. The van der Waals surface area contributed by atoms with Crippen molar-refractivity contribution in [1.29, 1.82) is 0 Å². The lowest BCUT2D eigenvalue weighted by atomic mass is 10.2. The molecular weight excluding hydrogens is 324 g/mol. The Morgan fingerprint density at radius 2 is 2.00 bits per heavy atom. The van der Waals surface area contributed by atoms with Crippen LogP contribution in [0.2, 0.25) is 0 Å². The Morgan fingerprint density at radius 3 is 2.65 bits per heavy atom. The molecule has 1 aromatic carbocycles. The molecule has 5 nitrogen and oxygen atoms in total. The SMILES string of the molecule is O=C(NC[C@@H](O)CN1CCOCC1)c1ccc(Br)cc1. The smallest absolute Gasteiger partial charge is 0.251 e. The quantitative estimate of drug-likeness (QED) is 0.833. The third-order valence-electron chi connectivity index (χ3n) is 3.18. The van der Waals surface area contributed by atoms with Gasteiger partial charge in [0.2, 0.25) is 0 Å². The van der Waals surface area contributed by atoms with Gasteiger partial charge < -0.3 is 15.2 Å². The maximum Gasteiger partial charge on any atom is 0.251 e. The molecule has 110 valence electrons. The molecule has 0 aromatic heterocycles. The first kappa shape index (κ1) is 15.4. The van der Waals surface area contributed by atoms with E-state index in [1.807, 2.05) is 12.1 Å². The highest BCUT2D eigenvalue weighted by atomic mass is 79.9. The molecule has 2 rings (SSSR count). The predicted molar refractivity (Wildman–Crippen MR) is 79.7 cm³/mol. The molecule has 1 atom stereocenters. The lowest BCUT2D eigenvalue weighted by Gasteiger charge is -2.28.